The van der Waals surface area contributed by atoms with E-state index in [1.807, 2.05) is 4.90 Å². The number of benzene rings is 1. The van der Waals surface area contributed by atoms with Crippen LogP contribution in [0.1, 0.15) is 0 Å². The van der Waals surface area contributed by atoms with Gasteiger partial charge in [0.2, 0.25) is 10.0 Å². The monoisotopic (exact) mass is 272 g/mol. The van der Waals surface area contributed by atoms with Crippen LogP contribution < -0.4 is 10.0 Å². The molecular formula is C11H16N2O4S. The fourth-order valence-corrected chi connectivity index (χ4v) is 2.76. The number of hydrogen-bond donors (Lipinski definition) is 2. The smallest absolute Gasteiger partial charge is 0.240 e. The molecule has 0 amide bonds. The van der Waals surface area contributed by atoms with Gasteiger partial charge in [0, 0.05) is 13.1 Å². The highest BCUT2D eigenvalue weighted by atomic mass is 32.2. The Hall–Kier alpha value is -1.15. The van der Waals surface area contributed by atoms with Gasteiger partial charge in [0.15, 0.2) is 0 Å². The summed E-state index contributed by atoms with van der Waals surface area (Å²) in [6.07, 6.45) is -0.299. The summed E-state index contributed by atoms with van der Waals surface area (Å²) >= 11 is 0. The molecule has 2 rings (SSSR count). The van der Waals surface area contributed by atoms with Crippen molar-refractivity contribution in [2.45, 2.75) is 11.0 Å². The van der Waals surface area contributed by atoms with Crippen LogP contribution in [-0.4, -0.2) is 45.9 Å². The van der Waals surface area contributed by atoms with Crippen molar-refractivity contribution in [3.05, 3.63) is 24.3 Å². The number of rotatable bonds is 3. The molecule has 1 saturated heterocycles. The fourth-order valence-electron chi connectivity index (χ4n) is 2.01. The first-order chi connectivity index (χ1) is 8.52. The average Bonchev–Trinajstić information content (AvgIpc) is 2.38. The number of morpholine rings is 1. The normalized spacial score (nSPS) is 21.0. The lowest BCUT2D eigenvalue weighted by molar-refractivity contribution is 0.00343. The molecule has 0 radical (unpaired) electrons. The summed E-state index contributed by atoms with van der Waals surface area (Å²) in [5.41, 5.74) is 0.557. The van der Waals surface area contributed by atoms with E-state index in [9.17, 15) is 8.42 Å². The lowest BCUT2D eigenvalue weighted by Crippen LogP contribution is -2.44. The molecule has 1 heterocycles. The van der Waals surface area contributed by atoms with Crippen LogP contribution in [0.4, 0.5) is 5.69 Å². The van der Waals surface area contributed by atoms with Gasteiger partial charge in [-0.2, -0.15) is 0 Å². The maximum absolute atomic E-state index is 11.5. The minimum atomic E-state index is -3.75. The molecule has 18 heavy (non-hydrogen) atoms. The molecule has 100 valence electrons. The van der Waals surface area contributed by atoms with Gasteiger partial charge in [-0.1, -0.05) is 12.1 Å². The molecule has 0 bridgehead atoms. The highest BCUT2D eigenvalue weighted by Gasteiger charge is 2.24. The molecule has 0 saturated carbocycles. The van der Waals surface area contributed by atoms with Gasteiger partial charge in [-0.05, 0) is 12.1 Å². The van der Waals surface area contributed by atoms with Gasteiger partial charge in [-0.15, -0.1) is 0 Å². The molecule has 1 aliphatic rings. The molecule has 3 N–H and O–H groups in total. The van der Waals surface area contributed by atoms with Crippen molar-refractivity contribution in [3.63, 3.8) is 0 Å². The van der Waals surface area contributed by atoms with Crippen LogP contribution in [0.3, 0.4) is 0 Å². The summed E-state index contributed by atoms with van der Waals surface area (Å²) in [5.74, 6) is 0. The number of nitrogens with two attached hydrogens (primary N) is 1. The number of sulfonamides is 1. The maximum atomic E-state index is 11.5. The standard InChI is InChI=1S/C11H16N2O4S/c12-18(15,16)11-4-2-1-3-10(11)13-5-6-17-9(7-13)8-14/h1-4,9,14H,5-8H2,(H2,12,15,16). The summed E-state index contributed by atoms with van der Waals surface area (Å²) in [5, 5.41) is 14.3. The highest BCUT2D eigenvalue weighted by Crippen LogP contribution is 2.25. The first-order valence-corrected chi connectivity index (χ1v) is 7.16. The van der Waals surface area contributed by atoms with E-state index in [1.165, 1.54) is 6.07 Å². The second-order valence-corrected chi connectivity index (χ2v) is 5.66. The fraction of sp³-hybridized carbons (Fsp3) is 0.455. The topological polar surface area (TPSA) is 92.9 Å². The van der Waals surface area contributed by atoms with Gasteiger partial charge in [-0.25, -0.2) is 13.6 Å². The number of primary sulfonamides is 1. The van der Waals surface area contributed by atoms with Gasteiger partial charge in [-0.3, -0.25) is 0 Å². The van der Waals surface area contributed by atoms with Crippen molar-refractivity contribution in [2.24, 2.45) is 5.14 Å². The van der Waals surface area contributed by atoms with E-state index in [0.29, 0.717) is 25.4 Å². The second-order valence-electron chi connectivity index (χ2n) is 4.13. The van der Waals surface area contributed by atoms with Crippen LogP contribution in [-0.2, 0) is 14.8 Å². The van der Waals surface area contributed by atoms with Crippen molar-refractivity contribution in [2.75, 3.05) is 31.2 Å². The van der Waals surface area contributed by atoms with E-state index in [1.54, 1.807) is 18.2 Å². The zero-order valence-corrected chi connectivity index (χ0v) is 10.6. The zero-order valence-electron chi connectivity index (χ0n) is 9.82. The Labute approximate surface area is 106 Å². The van der Waals surface area contributed by atoms with Crippen LogP contribution in [0, 0.1) is 0 Å². The highest BCUT2D eigenvalue weighted by molar-refractivity contribution is 7.89. The lowest BCUT2D eigenvalue weighted by Gasteiger charge is -2.34. The second kappa shape index (κ2) is 5.23. The van der Waals surface area contributed by atoms with E-state index < -0.39 is 10.0 Å². The molecule has 0 spiro atoms. The van der Waals surface area contributed by atoms with Crippen molar-refractivity contribution in [1.82, 2.24) is 0 Å². The van der Waals surface area contributed by atoms with Gasteiger partial charge in [0.05, 0.1) is 25.0 Å². The van der Waals surface area contributed by atoms with Gasteiger partial charge in [0.25, 0.3) is 0 Å². The Morgan fingerprint density at radius 2 is 2.17 bits per heavy atom. The summed E-state index contributed by atoms with van der Waals surface area (Å²) in [7, 11) is -3.75. The zero-order chi connectivity index (χ0) is 13.2. The predicted octanol–water partition coefficient (Wildman–Crippen LogP) is -0.468. The van der Waals surface area contributed by atoms with Crippen LogP contribution in [0.5, 0.6) is 0 Å². The number of hydrogen-bond acceptors (Lipinski definition) is 5. The largest absolute Gasteiger partial charge is 0.394 e. The Bertz CT molecular complexity index is 518. The van der Waals surface area contributed by atoms with E-state index >= 15 is 0 Å². The predicted molar refractivity (Wildman–Crippen MR) is 66.9 cm³/mol. The molecule has 0 aromatic heterocycles. The number of anilines is 1. The third-order valence-corrected chi connectivity index (χ3v) is 3.81. The van der Waals surface area contributed by atoms with E-state index in [0.717, 1.165) is 0 Å². The number of aliphatic hydroxyl groups is 1. The van der Waals surface area contributed by atoms with Crippen LogP contribution >= 0.6 is 0 Å². The summed E-state index contributed by atoms with van der Waals surface area (Å²) in [6.45, 7) is 1.38. The Morgan fingerprint density at radius 3 is 2.83 bits per heavy atom. The van der Waals surface area contributed by atoms with Crippen molar-refractivity contribution in [3.8, 4) is 0 Å². The van der Waals surface area contributed by atoms with E-state index in [4.69, 9.17) is 15.0 Å². The minimum absolute atomic E-state index is 0.0892. The lowest BCUT2D eigenvalue weighted by atomic mass is 10.2. The third-order valence-electron chi connectivity index (χ3n) is 2.85. The molecule has 1 fully saturated rings. The first-order valence-electron chi connectivity index (χ1n) is 5.61. The molecule has 0 aliphatic carbocycles. The molecule has 1 aliphatic heterocycles. The number of aliphatic hydroxyl groups excluding tert-OH is 1. The van der Waals surface area contributed by atoms with Crippen LogP contribution in [0.25, 0.3) is 0 Å². The van der Waals surface area contributed by atoms with Crippen LogP contribution in [0.2, 0.25) is 0 Å². The van der Waals surface area contributed by atoms with Crippen molar-refractivity contribution >= 4 is 15.7 Å². The molecule has 1 aromatic carbocycles. The summed E-state index contributed by atoms with van der Waals surface area (Å²) in [6, 6.07) is 6.58. The number of ether oxygens (including phenoxy) is 1. The minimum Gasteiger partial charge on any atom is -0.394 e. The van der Waals surface area contributed by atoms with Crippen molar-refractivity contribution in [1.29, 1.82) is 0 Å². The van der Waals surface area contributed by atoms with E-state index in [2.05, 4.69) is 0 Å². The molecule has 1 atom stereocenters. The van der Waals surface area contributed by atoms with Gasteiger partial charge < -0.3 is 14.7 Å². The Morgan fingerprint density at radius 1 is 1.44 bits per heavy atom. The molecule has 1 unspecified atom stereocenters. The number of nitrogens with zero attached hydrogens (tertiary/aromatic N) is 1. The summed E-state index contributed by atoms with van der Waals surface area (Å²) in [4.78, 5) is 1.97. The van der Waals surface area contributed by atoms with Crippen molar-refractivity contribution < 1.29 is 18.3 Å². The quantitative estimate of drug-likeness (QED) is 0.776. The van der Waals surface area contributed by atoms with Gasteiger partial charge in [0.1, 0.15) is 4.90 Å². The van der Waals surface area contributed by atoms with E-state index in [-0.39, 0.29) is 17.6 Å². The molecule has 6 nitrogen and oxygen atoms in total. The average molecular weight is 272 g/mol. The SMILES string of the molecule is NS(=O)(=O)c1ccccc1N1CCOC(CO)C1. The maximum Gasteiger partial charge on any atom is 0.240 e. The number of para-hydroxylation sites is 1. The Kier molecular flexibility index (Phi) is 3.86. The molecule has 7 heteroatoms. The first kappa shape index (κ1) is 13.3. The Balaban J connectivity index is 2.33. The third kappa shape index (κ3) is 2.81. The summed E-state index contributed by atoms with van der Waals surface area (Å²) < 4.78 is 28.4. The molecule has 1 aromatic rings. The van der Waals surface area contributed by atoms with Gasteiger partial charge >= 0.3 is 0 Å². The molecular weight excluding hydrogens is 256 g/mol. The van der Waals surface area contributed by atoms with Crippen LogP contribution in [0.15, 0.2) is 29.2 Å².